The van der Waals surface area contributed by atoms with Crippen molar-refractivity contribution < 1.29 is 4.42 Å². The number of H-pyrrole nitrogens is 1. The standard InChI is InChI=1S/C16H16N2O.ClH/c1-11(2)12-3-5-13(6-4-12)14-7-8-15(19-14)16-17-9-10-18-16;/h3-11H,1-2H3,(H,17,18);1H. The third kappa shape index (κ3) is 2.78. The summed E-state index contributed by atoms with van der Waals surface area (Å²) in [6.45, 7) is 4.38. The number of aromatic nitrogens is 2. The highest BCUT2D eigenvalue weighted by Crippen LogP contribution is 2.27. The van der Waals surface area contributed by atoms with Crippen LogP contribution in [0.15, 0.2) is 53.2 Å². The predicted octanol–water partition coefficient (Wildman–Crippen LogP) is 4.88. The van der Waals surface area contributed by atoms with Gasteiger partial charge in [0.25, 0.3) is 0 Å². The fourth-order valence-electron chi connectivity index (χ4n) is 2.05. The number of halogens is 1. The van der Waals surface area contributed by atoms with Crippen molar-refractivity contribution in [3.05, 3.63) is 54.4 Å². The van der Waals surface area contributed by atoms with E-state index in [0.29, 0.717) is 5.92 Å². The highest BCUT2D eigenvalue weighted by Gasteiger charge is 2.08. The van der Waals surface area contributed by atoms with Crippen LogP contribution in [0.2, 0.25) is 0 Å². The second-order valence-electron chi connectivity index (χ2n) is 4.88. The first kappa shape index (κ1) is 14.4. The molecule has 4 heteroatoms. The van der Waals surface area contributed by atoms with Crippen molar-refractivity contribution in [2.75, 3.05) is 0 Å². The Labute approximate surface area is 124 Å². The molecule has 1 aromatic carbocycles. The number of hydrogen-bond donors (Lipinski definition) is 1. The van der Waals surface area contributed by atoms with E-state index in [0.717, 1.165) is 22.9 Å². The van der Waals surface area contributed by atoms with Crippen molar-refractivity contribution in [2.24, 2.45) is 0 Å². The van der Waals surface area contributed by atoms with Crippen molar-refractivity contribution in [1.29, 1.82) is 0 Å². The monoisotopic (exact) mass is 288 g/mol. The Morgan fingerprint density at radius 2 is 1.70 bits per heavy atom. The normalized spacial score (nSPS) is 10.6. The molecule has 0 amide bonds. The van der Waals surface area contributed by atoms with Gasteiger partial charge in [-0.15, -0.1) is 12.4 Å². The summed E-state index contributed by atoms with van der Waals surface area (Å²) in [5.41, 5.74) is 2.42. The van der Waals surface area contributed by atoms with E-state index < -0.39 is 0 Å². The van der Waals surface area contributed by atoms with E-state index >= 15 is 0 Å². The largest absolute Gasteiger partial charge is 0.453 e. The van der Waals surface area contributed by atoms with Crippen molar-refractivity contribution in [3.63, 3.8) is 0 Å². The second-order valence-corrected chi connectivity index (χ2v) is 4.88. The number of benzene rings is 1. The van der Waals surface area contributed by atoms with Crippen LogP contribution in [0.1, 0.15) is 25.3 Å². The third-order valence-electron chi connectivity index (χ3n) is 3.20. The summed E-state index contributed by atoms with van der Waals surface area (Å²) in [5, 5.41) is 0. The molecule has 2 aromatic heterocycles. The maximum Gasteiger partial charge on any atom is 0.173 e. The van der Waals surface area contributed by atoms with Crippen LogP contribution < -0.4 is 0 Å². The zero-order valence-electron chi connectivity index (χ0n) is 11.5. The van der Waals surface area contributed by atoms with E-state index in [1.54, 1.807) is 12.4 Å². The molecule has 2 heterocycles. The summed E-state index contributed by atoms with van der Waals surface area (Å²) in [6, 6.07) is 12.4. The van der Waals surface area contributed by atoms with Gasteiger partial charge in [0, 0.05) is 18.0 Å². The molecular formula is C16H17ClN2O. The van der Waals surface area contributed by atoms with Gasteiger partial charge in [-0.2, -0.15) is 0 Å². The van der Waals surface area contributed by atoms with Gasteiger partial charge in [-0.3, -0.25) is 0 Å². The first-order valence-electron chi connectivity index (χ1n) is 6.44. The minimum Gasteiger partial charge on any atom is -0.453 e. The molecule has 3 rings (SSSR count). The summed E-state index contributed by atoms with van der Waals surface area (Å²) in [5.74, 6) is 2.92. The molecule has 104 valence electrons. The van der Waals surface area contributed by atoms with Gasteiger partial charge in [-0.25, -0.2) is 4.98 Å². The lowest BCUT2D eigenvalue weighted by atomic mass is 10.0. The van der Waals surface area contributed by atoms with Gasteiger partial charge in [0.05, 0.1) is 0 Å². The van der Waals surface area contributed by atoms with Crippen LogP contribution in [0.4, 0.5) is 0 Å². The van der Waals surface area contributed by atoms with Crippen LogP contribution in [-0.2, 0) is 0 Å². The topological polar surface area (TPSA) is 41.8 Å². The number of aromatic amines is 1. The van der Waals surface area contributed by atoms with Gasteiger partial charge in [0.1, 0.15) is 5.76 Å². The van der Waals surface area contributed by atoms with Crippen LogP contribution in [0.5, 0.6) is 0 Å². The molecule has 0 saturated carbocycles. The molecule has 0 unspecified atom stereocenters. The fourth-order valence-corrected chi connectivity index (χ4v) is 2.05. The Bertz CT molecular complexity index is 654. The van der Waals surface area contributed by atoms with Gasteiger partial charge in [0.15, 0.2) is 11.6 Å². The van der Waals surface area contributed by atoms with Gasteiger partial charge >= 0.3 is 0 Å². The highest BCUT2D eigenvalue weighted by molar-refractivity contribution is 5.85. The number of imidazole rings is 1. The van der Waals surface area contributed by atoms with Crippen molar-refractivity contribution in [1.82, 2.24) is 9.97 Å². The maximum absolute atomic E-state index is 5.82. The number of rotatable bonds is 3. The molecule has 1 N–H and O–H groups in total. The first-order chi connectivity index (χ1) is 9.24. The number of nitrogens with one attached hydrogen (secondary N) is 1. The number of hydrogen-bond acceptors (Lipinski definition) is 2. The average molecular weight is 289 g/mol. The van der Waals surface area contributed by atoms with Crippen LogP contribution in [0.3, 0.4) is 0 Å². The Balaban J connectivity index is 0.00000147. The Morgan fingerprint density at radius 3 is 2.30 bits per heavy atom. The quantitative estimate of drug-likeness (QED) is 0.746. The van der Waals surface area contributed by atoms with Gasteiger partial charge in [0.2, 0.25) is 0 Å². The minimum absolute atomic E-state index is 0. The second kappa shape index (κ2) is 5.97. The Morgan fingerprint density at radius 1 is 1.00 bits per heavy atom. The smallest absolute Gasteiger partial charge is 0.173 e. The zero-order chi connectivity index (χ0) is 13.2. The molecule has 3 nitrogen and oxygen atoms in total. The predicted molar refractivity (Wildman–Crippen MR) is 83.1 cm³/mol. The molecule has 0 atom stereocenters. The van der Waals surface area contributed by atoms with Gasteiger partial charge < -0.3 is 9.40 Å². The first-order valence-corrected chi connectivity index (χ1v) is 6.44. The van der Waals surface area contributed by atoms with Crippen molar-refractivity contribution in [3.8, 4) is 22.9 Å². The number of furan rings is 1. The highest BCUT2D eigenvalue weighted by atomic mass is 35.5. The molecule has 0 aliphatic rings. The van der Waals surface area contributed by atoms with E-state index in [4.69, 9.17) is 4.42 Å². The SMILES string of the molecule is CC(C)c1ccc(-c2ccc(-c3ncc[nH]3)o2)cc1.Cl. The lowest BCUT2D eigenvalue weighted by Crippen LogP contribution is -1.85. The molecule has 0 fully saturated rings. The summed E-state index contributed by atoms with van der Waals surface area (Å²) in [6.07, 6.45) is 3.50. The van der Waals surface area contributed by atoms with Gasteiger partial charge in [-0.05, 0) is 23.6 Å². The molecule has 0 saturated heterocycles. The lowest BCUT2D eigenvalue weighted by molar-refractivity contribution is 0.593. The maximum atomic E-state index is 5.82. The van der Waals surface area contributed by atoms with E-state index in [2.05, 4.69) is 48.1 Å². The molecule has 0 bridgehead atoms. The van der Waals surface area contributed by atoms with E-state index in [-0.39, 0.29) is 12.4 Å². The summed E-state index contributed by atoms with van der Waals surface area (Å²) in [7, 11) is 0. The van der Waals surface area contributed by atoms with E-state index in [1.807, 2.05) is 12.1 Å². The summed E-state index contributed by atoms with van der Waals surface area (Å²) >= 11 is 0. The Kier molecular flexibility index (Phi) is 4.30. The van der Waals surface area contributed by atoms with Crippen molar-refractivity contribution >= 4 is 12.4 Å². The van der Waals surface area contributed by atoms with Crippen LogP contribution >= 0.6 is 12.4 Å². The van der Waals surface area contributed by atoms with Crippen LogP contribution in [0.25, 0.3) is 22.9 Å². The van der Waals surface area contributed by atoms with Gasteiger partial charge in [-0.1, -0.05) is 38.1 Å². The van der Waals surface area contributed by atoms with Crippen molar-refractivity contribution in [2.45, 2.75) is 19.8 Å². The zero-order valence-corrected chi connectivity index (χ0v) is 12.3. The molecule has 20 heavy (non-hydrogen) atoms. The van der Waals surface area contributed by atoms with E-state index in [1.165, 1.54) is 5.56 Å². The lowest BCUT2D eigenvalue weighted by Gasteiger charge is -2.05. The summed E-state index contributed by atoms with van der Waals surface area (Å²) < 4.78 is 5.82. The number of nitrogens with zero attached hydrogens (tertiary/aromatic N) is 1. The molecule has 3 aromatic rings. The fraction of sp³-hybridized carbons (Fsp3) is 0.188. The Hall–Kier alpha value is -2.00. The molecule has 0 spiro atoms. The minimum atomic E-state index is 0. The summed E-state index contributed by atoms with van der Waals surface area (Å²) in [4.78, 5) is 7.22. The molecular weight excluding hydrogens is 272 g/mol. The van der Waals surface area contributed by atoms with Crippen LogP contribution in [-0.4, -0.2) is 9.97 Å². The molecule has 0 aliphatic heterocycles. The molecule has 0 radical (unpaired) electrons. The van der Waals surface area contributed by atoms with Crippen LogP contribution in [0, 0.1) is 0 Å². The molecule has 0 aliphatic carbocycles. The average Bonchev–Trinajstić information content (AvgIpc) is 3.10. The van der Waals surface area contributed by atoms with E-state index in [9.17, 15) is 0 Å². The third-order valence-corrected chi connectivity index (χ3v) is 3.20.